The third-order valence-electron chi connectivity index (χ3n) is 14.3. The average Bonchev–Trinajstić information content (AvgIpc) is 3.86. The lowest BCUT2D eigenvalue weighted by Gasteiger charge is -2.38. The second-order valence-electron chi connectivity index (χ2n) is 23.5. The summed E-state index contributed by atoms with van der Waals surface area (Å²) in [5.74, 6) is 2.01. The zero-order chi connectivity index (χ0) is 52.3. The molecule has 1 aliphatic carbocycles. The summed E-state index contributed by atoms with van der Waals surface area (Å²) in [7, 11) is -3.53. The van der Waals surface area contributed by atoms with Gasteiger partial charge in [-0.1, -0.05) is 167 Å². The number of hydrogen-bond donors (Lipinski definition) is 0. The van der Waals surface area contributed by atoms with E-state index in [0.29, 0.717) is 35.8 Å². The minimum absolute atomic E-state index is 0.0962. The van der Waals surface area contributed by atoms with Gasteiger partial charge in [0, 0.05) is 51.4 Å². The van der Waals surface area contributed by atoms with Gasteiger partial charge in [0.15, 0.2) is 0 Å². The van der Waals surface area contributed by atoms with Crippen LogP contribution in [0.5, 0.6) is 11.5 Å². The van der Waals surface area contributed by atoms with Crippen LogP contribution in [0.4, 0.5) is 22.7 Å². The Morgan fingerprint density at radius 1 is 0.551 bits per heavy atom. The van der Waals surface area contributed by atoms with Crippen molar-refractivity contribution in [3.63, 3.8) is 0 Å². The molecule has 0 unspecified atom stereocenters. The Kier molecular flexibility index (Phi) is 10.5. The Balaban J connectivity index is 1.12. The summed E-state index contributed by atoms with van der Waals surface area (Å²) < 4.78 is 47.8. The monoisotopic (exact) mass is 949 g/mol. The summed E-state index contributed by atoms with van der Waals surface area (Å²) >= 11 is 0. The van der Waals surface area contributed by atoms with Crippen molar-refractivity contribution in [2.45, 2.75) is 129 Å². The van der Waals surface area contributed by atoms with Gasteiger partial charge in [-0.3, -0.25) is 4.57 Å². The highest BCUT2D eigenvalue weighted by Gasteiger charge is 2.38. The van der Waals surface area contributed by atoms with E-state index in [9.17, 15) is 5.48 Å². The molecule has 8 aromatic rings. The highest BCUT2D eigenvalue weighted by Crippen LogP contribution is 2.48. The number of benzene rings is 6. The maximum atomic E-state index is 9.64. The highest BCUT2D eigenvalue weighted by molar-refractivity contribution is 6.93. The number of nitrogens with zero attached hydrogens (tertiary/aromatic N) is 4. The number of aromatic nitrogens is 2. The van der Waals surface area contributed by atoms with Gasteiger partial charge in [-0.05, 0) is 117 Å². The molecule has 0 spiro atoms. The van der Waals surface area contributed by atoms with Crippen molar-refractivity contribution < 1.29 is 10.2 Å². The number of fused-ring (bicyclic) bond motifs is 4. The lowest BCUT2D eigenvalue weighted by Crippen LogP contribution is -2.50. The normalized spacial score (nSPS) is 17.9. The van der Waals surface area contributed by atoms with Crippen molar-refractivity contribution in [3.05, 3.63) is 168 Å². The van der Waals surface area contributed by atoms with Gasteiger partial charge in [-0.15, -0.1) is 0 Å². The van der Waals surface area contributed by atoms with Gasteiger partial charge in [0.05, 0.1) is 38.6 Å². The molecule has 0 radical (unpaired) electrons. The smallest absolute Gasteiger partial charge is 0.137 e. The Labute approximate surface area is 419 Å². The number of ether oxygens (including phenoxy) is 1. The number of para-hydroxylation sites is 3. The summed E-state index contributed by atoms with van der Waals surface area (Å²) in [6.45, 7) is 28.9. The quantitative estimate of drug-likeness (QED) is 0.135. The third-order valence-corrected chi connectivity index (χ3v) is 18.4. The zero-order valence-corrected chi connectivity index (χ0v) is 44.9. The van der Waals surface area contributed by atoms with E-state index in [-0.39, 0.29) is 23.7 Å². The first kappa shape index (κ1) is 42.0. The van der Waals surface area contributed by atoms with Crippen molar-refractivity contribution in [2.24, 2.45) is 0 Å². The van der Waals surface area contributed by atoms with Crippen LogP contribution in [-0.4, -0.2) is 32.4 Å². The van der Waals surface area contributed by atoms with Crippen molar-refractivity contribution >= 4 is 71.1 Å². The number of anilines is 4. The first-order valence-corrected chi connectivity index (χ1v) is 31.9. The Morgan fingerprint density at radius 2 is 1.20 bits per heavy atom. The maximum Gasteiger partial charge on any atom is 0.137 e. The van der Waals surface area contributed by atoms with Crippen LogP contribution in [0, 0.1) is 0 Å². The fourth-order valence-electron chi connectivity index (χ4n) is 10.6. The minimum atomic E-state index is -1.89. The zero-order valence-electron chi connectivity index (χ0n) is 46.9. The molecule has 0 bridgehead atoms. The van der Waals surface area contributed by atoms with E-state index in [1.54, 1.807) is 6.20 Å². The fraction of sp³-hybridized carbons (Fsp3) is 0.339. The topological polar surface area (TPSA) is 33.5 Å². The Bertz CT molecular complexity index is 3370. The van der Waals surface area contributed by atoms with E-state index >= 15 is 0 Å². The van der Waals surface area contributed by atoms with Crippen LogP contribution in [0.25, 0.3) is 27.6 Å². The molecule has 1 fully saturated rings. The fourth-order valence-corrected chi connectivity index (χ4v) is 13.8. The molecule has 5 nitrogen and oxygen atoms in total. The molecule has 1 saturated carbocycles. The van der Waals surface area contributed by atoms with Gasteiger partial charge in [0.25, 0.3) is 0 Å². The third kappa shape index (κ3) is 8.64. The van der Waals surface area contributed by atoms with Crippen LogP contribution in [0.2, 0.25) is 39.3 Å². The van der Waals surface area contributed by atoms with Crippen molar-refractivity contribution in [1.82, 2.24) is 9.55 Å². The SMILES string of the molecule is [2H]C1([2H])CCCC([2H])([2H])C1(c1ccccc1)c1ccnc(-n2c3ccc(C(C)(C)C)cc3c3ccc(Oc4cc(N5CN(c6c([Si](C)(C)C)cccc6[Si](C)(C)C)c6ccccc65)cc(C(C)(C)C)c4)cc32)c1. The van der Waals surface area contributed by atoms with E-state index in [1.165, 1.54) is 38.6 Å². The maximum absolute atomic E-state index is 9.64. The van der Waals surface area contributed by atoms with Gasteiger partial charge in [0.1, 0.15) is 24.0 Å². The Hall–Kier alpha value is -5.90. The van der Waals surface area contributed by atoms with Gasteiger partial charge < -0.3 is 14.5 Å². The van der Waals surface area contributed by atoms with E-state index in [1.807, 2.05) is 42.5 Å². The molecule has 10 rings (SSSR count). The summed E-state index contributed by atoms with van der Waals surface area (Å²) in [5, 5.41) is 5.10. The summed E-state index contributed by atoms with van der Waals surface area (Å²) in [6.07, 6.45) is -1.08. The number of pyridine rings is 1. The molecular weight excluding hydrogens is 873 g/mol. The molecule has 0 amide bonds. The van der Waals surface area contributed by atoms with Crippen LogP contribution >= 0.6 is 0 Å². The molecule has 2 aliphatic rings. The van der Waals surface area contributed by atoms with Gasteiger partial charge in [-0.25, -0.2) is 4.98 Å². The minimum Gasteiger partial charge on any atom is -0.457 e. The molecule has 0 atom stereocenters. The largest absolute Gasteiger partial charge is 0.457 e. The highest BCUT2D eigenvalue weighted by atomic mass is 28.3. The number of hydrogen-bond acceptors (Lipinski definition) is 4. The molecular formula is C62H72N4OSi2. The summed E-state index contributed by atoms with van der Waals surface area (Å²) in [4.78, 5) is 10.1. The van der Waals surface area contributed by atoms with Gasteiger partial charge in [-0.2, -0.15) is 0 Å². The molecule has 3 heterocycles. The summed E-state index contributed by atoms with van der Waals surface area (Å²) in [6, 6.07) is 48.8. The second-order valence-corrected chi connectivity index (χ2v) is 33.6. The van der Waals surface area contributed by atoms with Crippen molar-refractivity contribution in [3.8, 4) is 17.3 Å². The number of rotatable bonds is 9. The van der Waals surface area contributed by atoms with Gasteiger partial charge >= 0.3 is 0 Å². The first-order valence-electron chi connectivity index (χ1n) is 26.9. The summed E-state index contributed by atoms with van der Waals surface area (Å²) in [5.41, 5.74) is 8.41. The molecule has 354 valence electrons. The van der Waals surface area contributed by atoms with Crippen LogP contribution in [-0.2, 0) is 16.2 Å². The molecule has 69 heavy (non-hydrogen) atoms. The first-order chi connectivity index (χ1) is 34.2. The van der Waals surface area contributed by atoms with Gasteiger partial charge in [0.2, 0.25) is 0 Å². The van der Waals surface area contributed by atoms with Crippen molar-refractivity contribution in [2.75, 3.05) is 16.5 Å². The lowest BCUT2D eigenvalue weighted by atomic mass is 9.65. The standard InChI is InChI=1S/C62H72N4OSi2/c1-60(2,3)44-28-31-52-51(38-44)50-30-29-48(41-55(50)66(52)58-39-45(32-35-63-58)62(33-19-14-20-34-62)43-22-15-13-16-23-43)67-49-37-46(61(4,5)6)36-47(40-49)64-42-65(54-25-18-17-24-53(54)64)59-56(68(7,8)9)26-21-27-57(59)69(10,11)12/h13,15-18,21-32,35-41H,14,19-20,33-34,42H2,1-12H3/i33D2,34D2. The second kappa shape index (κ2) is 17.2. The molecule has 2 aromatic heterocycles. The molecule has 0 saturated heterocycles. The average molecular weight is 949 g/mol. The van der Waals surface area contributed by atoms with E-state index in [0.717, 1.165) is 33.2 Å². The van der Waals surface area contributed by atoms with Crippen LogP contribution < -0.4 is 24.9 Å². The van der Waals surface area contributed by atoms with Crippen LogP contribution in [0.3, 0.4) is 0 Å². The molecule has 7 heteroatoms. The molecule has 0 N–H and O–H groups in total. The predicted octanol–water partition coefficient (Wildman–Crippen LogP) is 16.2. The molecule has 6 aromatic carbocycles. The van der Waals surface area contributed by atoms with E-state index in [4.69, 9.17) is 9.72 Å². The van der Waals surface area contributed by atoms with Crippen LogP contribution in [0.15, 0.2) is 146 Å². The Morgan fingerprint density at radius 3 is 1.86 bits per heavy atom. The predicted molar refractivity (Wildman–Crippen MR) is 301 cm³/mol. The van der Waals surface area contributed by atoms with E-state index < -0.39 is 34.3 Å². The molecule has 1 aliphatic heterocycles. The van der Waals surface area contributed by atoms with Crippen LogP contribution in [0.1, 0.15) is 101 Å². The lowest BCUT2D eigenvalue weighted by molar-refractivity contribution is 0.345. The van der Waals surface area contributed by atoms with E-state index in [2.05, 4.69) is 192 Å². The van der Waals surface area contributed by atoms with Crippen molar-refractivity contribution in [1.29, 1.82) is 0 Å².